The van der Waals surface area contributed by atoms with Gasteiger partial charge >= 0.3 is 11.9 Å². The lowest BCUT2D eigenvalue weighted by Crippen LogP contribution is -2.13. The van der Waals surface area contributed by atoms with Crippen LogP contribution in [0.15, 0.2) is 29.8 Å². The van der Waals surface area contributed by atoms with E-state index in [1.165, 1.54) is 29.8 Å². The van der Waals surface area contributed by atoms with Crippen LogP contribution in [0.5, 0.6) is 11.5 Å². The molecule has 0 amide bonds. The highest BCUT2D eigenvalue weighted by Crippen LogP contribution is 2.20. The van der Waals surface area contributed by atoms with Gasteiger partial charge in [0.1, 0.15) is 16.4 Å². The first-order chi connectivity index (χ1) is 8.58. The molecule has 92 valence electrons. The van der Waals surface area contributed by atoms with E-state index in [4.69, 9.17) is 9.84 Å². The number of aromatic carboxylic acids is 1. The second-order valence-electron chi connectivity index (χ2n) is 3.22. The van der Waals surface area contributed by atoms with Crippen LogP contribution in [0.25, 0.3) is 0 Å². The summed E-state index contributed by atoms with van der Waals surface area (Å²) >= 11 is 0.839. The highest BCUT2D eigenvalue weighted by molar-refractivity contribution is 7.12. The Bertz CT molecular complexity index is 607. The molecule has 0 radical (unpaired) electrons. The van der Waals surface area contributed by atoms with Crippen LogP contribution in [0, 0.1) is 0 Å². The van der Waals surface area contributed by atoms with E-state index in [1.807, 2.05) is 0 Å². The Morgan fingerprint density at radius 2 is 2.11 bits per heavy atom. The maximum atomic E-state index is 11.7. The number of benzene rings is 1. The molecule has 2 N–H and O–H groups in total. The molecule has 0 fully saturated rings. The highest BCUT2D eigenvalue weighted by Gasteiger charge is 2.21. The fraction of sp³-hybridized carbons (Fsp3) is 0. The van der Waals surface area contributed by atoms with Gasteiger partial charge < -0.3 is 14.9 Å². The molecule has 2 aromatic rings. The second-order valence-corrected chi connectivity index (χ2v) is 4.08. The summed E-state index contributed by atoms with van der Waals surface area (Å²) in [6.07, 6.45) is 0. The van der Waals surface area contributed by atoms with Gasteiger partial charge in [0.05, 0.1) is 5.51 Å². The molecule has 7 heteroatoms. The summed E-state index contributed by atoms with van der Waals surface area (Å²) in [6.45, 7) is 0. The summed E-state index contributed by atoms with van der Waals surface area (Å²) in [4.78, 5) is 26.0. The molecule has 1 aromatic carbocycles. The van der Waals surface area contributed by atoms with Crippen molar-refractivity contribution in [3.63, 3.8) is 0 Å². The molecule has 0 aliphatic rings. The van der Waals surface area contributed by atoms with Gasteiger partial charge in [0.15, 0.2) is 5.69 Å². The lowest BCUT2D eigenvalue weighted by Gasteiger charge is -2.03. The van der Waals surface area contributed by atoms with Gasteiger partial charge in [-0.3, -0.25) is 0 Å². The molecule has 0 saturated heterocycles. The number of nitrogens with zero attached hydrogens (tertiary/aromatic N) is 1. The predicted octanol–water partition coefficient (Wildman–Crippen LogP) is 1.77. The number of hydrogen-bond donors (Lipinski definition) is 2. The standard InChI is InChI=1S/C11H7NO5S/c13-6-2-1-3-7(4-6)17-11(16)8-9(10(14)15)18-5-12-8/h1-5,13H,(H,14,15). The van der Waals surface area contributed by atoms with Crippen LogP contribution >= 0.6 is 11.3 Å². The number of esters is 1. The van der Waals surface area contributed by atoms with Gasteiger partial charge in [-0.1, -0.05) is 6.07 Å². The summed E-state index contributed by atoms with van der Waals surface area (Å²) in [5, 5.41) is 18.0. The third-order valence-electron chi connectivity index (χ3n) is 1.98. The van der Waals surface area contributed by atoms with Crippen molar-refractivity contribution in [1.82, 2.24) is 4.98 Å². The number of ether oxygens (including phenoxy) is 1. The number of aromatic hydroxyl groups is 1. The van der Waals surface area contributed by atoms with E-state index in [0.29, 0.717) is 0 Å². The summed E-state index contributed by atoms with van der Waals surface area (Å²) in [5.74, 6) is -2.05. The minimum absolute atomic E-state index is 0.0583. The van der Waals surface area contributed by atoms with Crippen LogP contribution in [-0.4, -0.2) is 27.1 Å². The largest absolute Gasteiger partial charge is 0.508 e. The summed E-state index contributed by atoms with van der Waals surface area (Å²) in [6, 6.07) is 5.62. The number of hydrogen-bond acceptors (Lipinski definition) is 6. The maximum Gasteiger partial charge on any atom is 0.364 e. The minimum atomic E-state index is -1.24. The van der Waals surface area contributed by atoms with E-state index in [-0.39, 0.29) is 22.1 Å². The number of rotatable bonds is 3. The van der Waals surface area contributed by atoms with Crippen molar-refractivity contribution in [3.05, 3.63) is 40.3 Å². The van der Waals surface area contributed by atoms with Crippen LogP contribution < -0.4 is 4.74 Å². The monoisotopic (exact) mass is 265 g/mol. The fourth-order valence-corrected chi connectivity index (χ4v) is 1.86. The molecule has 1 heterocycles. The number of aromatic nitrogens is 1. The van der Waals surface area contributed by atoms with Crippen molar-refractivity contribution in [1.29, 1.82) is 0 Å². The predicted molar refractivity (Wildman–Crippen MR) is 62.1 cm³/mol. The van der Waals surface area contributed by atoms with E-state index in [1.54, 1.807) is 0 Å². The van der Waals surface area contributed by atoms with Crippen LogP contribution in [-0.2, 0) is 0 Å². The Hall–Kier alpha value is -2.41. The minimum Gasteiger partial charge on any atom is -0.508 e. The summed E-state index contributed by atoms with van der Waals surface area (Å²) in [5.41, 5.74) is 0.999. The topological polar surface area (TPSA) is 96.7 Å². The zero-order valence-corrected chi connectivity index (χ0v) is 9.68. The molecule has 0 aliphatic heterocycles. The van der Waals surface area contributed by atoms with Gasteiger partial charge in [-0.05, 0) is 12.1 Å². The van der Waals surface area contributed by atoms with Crippen molar-refractivity contribution in [3.8, 4) is 11.5 Å². The number of phenols is 1. The lowest BCUT2D eigenvalue weighted by atomic mass is 10.3. The third-order valence-corrected chi connectivity index (χ3v) is 2.80. The molecule has 0 unspecified atom stereocenters. The number of thiazole rings is 1. The number of carboxylic acids is 1. The molecule has 18 heavy (non-hydrogen) atoms. The molecule has 0 atom stereocenters. The highest BCUT2D eigenvalue weighted by atomic mass is 32.1. The molecule has 0 aliphatic carbocycles. The van der Waals surface area contributed by atoms with Gasteiger partial charge in [0, 0.05) is 6.07 Å². The van der Waals surface area contributed by atoms with E-state index in [9.17, 15) is 14.7 Å². The lowest BCUT2D eigenvalue weighted by molar-refractivity contribution is 0.0670. The van der Waals surface area contributed by atoms with Crippen molar-refractivity contribution < 1.29 is 24.5 Å². The van der Waals surface area contributed by atoms with Gasteiger partial charge in [0.2, 0.25) is 0 Å². The van der Waals surface area contributed by atoms with Gasteiger partial charge in [-0.25, -0.2) is 14.6 Å². The number of carbonyl (C=O) groups excluding carboxylic acids is 1. The van der Waals surface area contributed by atoms with Crippen molar-refractivity contribution in [2.45, 2.75) is 0 Å². The van der Waals surface area contributed by atoms with E-state index in [0.717, 1.165) is 11.3 Å². The third kappa shape index (κ3) is 2.46. The van der Waals surface area contributed by atoms with Crippen LogP contribution in [0.2, 0.25) is 0 Å². The first kappa shape index (κ1) is 12.1. The van der Waals surface area contributed by atoms with Crippen LogP contribution in [0.4, 0.5) is 0 Å². The van der Waals surface area contributed by atoms with Crippen LogP contribution in [0.1, 0.15) is 20.2 Å². The Morgan fingerprint density at radius 1 is 1.33 bits per heavy atom. The van der Waals surface area contributed by atoms with Gasteiger partial charge in [-0.2, -0.15) is 0 Å². The second kappa shape index (κ2) is 4.84. The average molecular weight is 265 g/mol. The van der Waals surface area contributed by atoms with Gasteiger partial charge in [0.25, 0.3) is 0 Å². The first-order valence-corrected chi connectivity index (χ1v) is 5.64. The van der Waals surface area contributed by atoms with Crippen molar-refractivity contribution in [2.75, 3.05) is 0 Å². The fourth-order valence-electron chi connectivity index (χ4n) is 1.25. The summed E-state index contributed by atoms with van der Waals surface area (Å²) < 4.78 is 4.91. The normalized spacial score (nSPS) is 10.0. The van der Waals surface area contributed by atoms with E-state index < -0.39 is 11.9 Å². The molecular formula is C11H7NO5S. The molecule has 6 nitrogen and oxygen atoms in total. The smallest absolute Gasteiger partial charge is 0.364 e. The Labute approximate surface area is 105 Å². The SMILES string of the molecule is O=C(Oc1cccc(O)c1)c1ncsc1C(=O)O. The van der Waals surface area contributed by atoms with Crippen molar-refractivity contribution >= 4 is 23.3 Å². The number of carbonyl (C=O) groups is 2. The molecule has 2 rings (SSSR count). The van der Waals surface area contributed by atoms with E-state index >= 15 is 0 Å². The average Bonchev–Trinajstić information content (AvgIpc) is 2.77. The Kier molecular flexibility index (Phi) is 3.24. The molecule has 1 aromatic heterocycles. The molecule has 0 spiro atoms. The number of carboxylic acid groups (broad SMARTS) is 1. The maximum absolute atomic E-state index is 11.7. The summed E-state index contributed by atoms with van der Waals surface area (Å²) in [7, 11) is 0. The van der Waals surface area contributed by atoms with Crippen LogP contribution in [0.3, 0.4) is 0 Å². The molecule has 0 bridgehead atoms. The number of phenolic OH excluding ortho intramolecular Hbond substituents is 1. The zero-order chi connectivity index (χ0) is 13.1. The Morgan fingerprint density at radius 3 is 2.78 bits per heavy atom. The van der Waals surface area contributed by atoms with Gasteiger partial charge in [-0.15, -0.1) is 11.3 Å². The first-order valence-electron chi connectivity index (χ1n) is 4.76. The Balaban J connectivity index is 2.22. The zero-order valence-electron chi connectivity index (χ0n) is 8.86. The van der Waals surface area contributed by atoms with E-state index in [2.05, 4.69) is 4.98 Å². The quantitative estimate of drug-likeness (QED) is 0.648. The molecule has 0 saturated carbocycles. The molecular weight excluding hydrogens is 258 g/mol. The van der Waals surface area contributed by atoms with Crippen molar-refractivity contribution in [2.24, 2.45) is 0 Å².